The molecule has 1 saturated carbocycles. The van der Waals surface area contributed by atoms with Crippen molar-refractivity contribution in [3.8, 4) is 0 Å². The van der Waals surface area contributed by atoms with E-state index in [9.17, 15) is 9.18 Å². The Morgan fingerprint density at radius 1 is 1.24 bits per heavy atom. The van der Waals surface area contributed by atoms with Crippen molar-refractivity contribution in [2.24, 2.45) is 17.4 Å². The molecule has 0 aromatic rings. The molecule has 98 valence electrons. The maximum Gasteiger partial charge on any atom is 0.239 e. The van der Waals surface area contributed by atoms with Gasteiger partial charge < -0.3 is 16.4 Å². The Bertz CT molecular complexity index is 279. The Kier molecular flexibility index (Phi) is 3.99. The summed E-state index contributed by atoms with van der Waals surface area (Å²) in [6.07, 6.45) is 3.30. The summed E-state index contributed by atoms with van der Waals surface area (Å²) in [6.45, 7) is 0.735. The molecule has 0 aromatic heterocycles. The lowest BCUT2D eigenvalue weighted by atomic mass is 9.81. The Morgan fingerprint density at radius 3 is 2.41 bits per heavy atom. The molecular formula is C12H22FN3O. The lowest BCUT2D eigenvalue weighted by molar-refractivity contribution is -0.133. The van der Waals surface area contributed by atoms with Crippen molar-refractivity contribution in [1.29, 1.82) is 0 Å². The summed E-state index contributed by atoms with van der Waals surface area (Å²) in [6, 6.07) is -0.205. The average Bonchev–Trinajstić information content (AvgIpc) is 2.75. The van der Waals surface area contributed by atoms with E-state index < -0.39 is 12.2 Å². The van der Waals surface area contributed by atoms with E-state index in [4.69, 9.17) is 11.5 Å². The van der Waals surface area contributed by atoms with Crippen molar-refractivity contribution >= 4 is 5.91 Å². The van der Waals surface area contributed by atoms with E-state index >= 15 is 0 Å². The van der Waals surface area contributed by atoms with Gasteiger partial charge >= 0.3 is 0 Å². The molecule has 1 aliphatic carbocycles. The van der Waals surface area contributed by atoms with Crippen molar-refractivity contribution in [2.45, 2.75) is 50.4 Å². The van der Waals surface area contributed by atoms with Gasteiger partial charge in [-0.15, -0.1) is 0 Å². The zero-order valence-corrected chi connectivity index (χ0v) is 10.1. The molecule has 5 heteroatoms. The monoisotopic (exact) mass is 243 g/mol. The number of alkyl halides is 1. The predicted octanol–water partition coefficient (Wildman–Crippen LogP) is 0.402. The number of halogens is 1. The molecule has 1 aliphatic heterocycles. The molecule has 17 heavy (non-hydrogen) atoms. The molecule has 4 N–H and O–H groups in total. The summed E-state index contributed by atoms with van der Waals surface area (Å²) in [4.78, 5) is 13.6. The third-order valence-electron chi connectivity index (χ3n) is 4.05. The minimum Gasteiger partial charge on any atom is -0.338 e. The molecule has 2 aliphatic rings. The molecular weight excluding hydrogens is 221 g/mol. The number of amides is 1. The van der Waals surface area contributed by atoms with Crippen molar-refractivity contribution < 1.29 is 9.18 Å². The van der Waals surface area contributed by atoms with Gasteiger partial charge in [-0.1, -0.05) is 0 Å². The second-order valence-corrected chi connectivity index (χ2v) is 5.37. The third-order valence-corrected chi connectivity index (χ3v) is 4.05. The van der Waals surface area contributed by atoms with Crippen molar-refractivity contribution in [3.63, 3.8) is 0 Å². The Labute approximate surface area is 102 Å². The molecule has 2 fully saturated rings. The zero-order chi connectivity index (χ0) is 12.4. The van der Waals surface area contributed by atoms with Gasteiger partial charge in [-0.25, -0.2) is 4.39 Å². The van der Waals surface area contributed by atoms with E-state index in [2.05, 4.69) is 0 Å². The Balaban J connectivity index is 1.86. The number of nitrogens with zero attached hydrogens (tertiary/aromatic N) is 1. The molecule has 0 aromatic carbocycles. The summed E-state index contributed by atoms with van der Waals surface area (Å²) in [5.41, 5.74) is 11.8. The summed E-state index contributed by atoms with van der Waals surface area (Å²) in [7, 11) is 0. The number of hydrogen-bond donors (Lipinski definition) is 2. The molecule has 4 nitrogen and oxygen atoms in total. The summed E-state index contributed by atoms with van der Waals surface area (Å²) >= 11 is 0. The van der Waals surface area contributed by atoms with Gasteiger partial charge in [0.1, 0.15) is 6.17 Å². The van der Waals surface area contributed by atoms with Gasteiger partial charge in [-0.2, -0.15) is 0 Å². The van der Waals surface area contributed by atoms with Gasteiger partial charge in [0, 0.05) is 12.6 Å². The van der Waals surface area contributed by atoms with E-state index in [1.165, 1.54) is 0 Å². The van der Waals surface area contributed by atoms with E-state index in [-0.39, 0.29) is 24.4 Å². The van der Waals surface area contributed by atoms with Gasteiger partial charge in [0.15, 0.2) is 0 Å². The smallest absolute Gasteiger partial charge is 0.239 e. The van der Waals surface area contributed by atoms with Crippen LogP contribution in [0.4, 0.5) is 4.39 Å². The van der Waals surface area contributed by atoms with Gasteiger partial charge in [-0.05, 0) is 38.0 Å². The minimum absolute atomic E-state index is 0.0781. The van der Waals surface area contributed by atoms with Crippen LogP contribution in [0.15, 0.2) is 0 Å². The van der Waals surface area contributed by atoms with E-state index in [1.54, 1.807) is 4.90 Å². The molecule has 2 atom stereocenters. The predicted molar refractivity (Wildman–Crippen MR) is 64.0 cm³/mol. The Morgan fingerprint density at radius 2 is 1.88 bits per heavy atom. The summed E-state index contributed by atoms with van der Waals surface area (Å²) in [5.74, 6) is 0.145. The fourth-order valence-corrected chi connectivity index (χ4v) is 2.83. The lowest BCUT2D eigenvalue weighted by Crippen LogP contribution is -2.48. The highest BCUT2D eigenvalue weighted by Gasteiger charge is 2.34. The average molecular weight is 243 g/mol. The van der Waals surface area contributed by atoms with Crippen LogP contribution in [0.2, 0.25) is 0 Å². The van der Waals surface area contributed by atoms with Crippen molar-refractivity contribution in [2.75, 3.05) is 13.1 Å². The highest BCUT2D eigenvalue weighted by Crippen LogP contribution is 2.26. The molecule has 0 radical (unpaired) electrons. The lowest BCUT2D eigenvalue weighted by Gasteiger charge is -2.31. The number of likely N-dealkylation sites (tertiary alicyclic amines) is 1. The third kappa shape index (κ3) is 2.96. The summed E-state index contributed by atoms with van der Waals surface area (Å²) < 4.78 is 13.0. The molecule has 0 unspecified atom stereocenters. The van der Waals surface area contributed by atoms with Crippen LogP contribution in [-0.4, -0.2) is 42.2 Å². The van der Waals surface area contributed by atoms with E-state index in [0.29, 0.717) is 13.0 Å². The maximum absolute atomic E-state index is 13.0. The molecule has 1 heterocycles. The highest BCUT2D eigenvalue weighted by molar-refractivity contribution is 5.82. The van der Waals surface area contributed by atoms with Gasteiger partial charge in [0.05, 0.1) is 12.6 Å². The van der Waals surface area contributed by atoms with Crippen LogP contribution in [0.3, 0.4) is 0 Å². The fraction of sp³-hybridized carbons (Fsp3) is 0.917. The normalized spacial score (nSPS) is 35.9. The second-order valence-electron chi connectivity index (χ2n) is 5.37. The second kappa shape index (κ2) is 5.31. The number of carbonyl (C=O) groups excluding carboxylic acids is 1. The first-order valence-electron chi connectivity index (χ1n) is 6.52. The number of carbonyl (C=O) groups is 1. The highest BCUT2D eigenvalue weighted by atomic mass is 19.1. The molecule has 2 rings (SSSR count). The fourth-order valence-electron chi connectivity index (χ4n) is 2.83. The molecule has 1 amide bonds. The van der Waals surface area contributed by atoms with Crippen molar-refractivity contribution in [1.82, 2.24) is 4.90 Å². The first-order chi connectivity index (χ1) is 8.08. The topological polar surface area (TPSA) is 72.3 Å². The molecule has 0 spiro atoms. The molecule has 0 bridgehead atoms. The van der Waals surface area contributed by atoms with Gasteiger partial charge in [-0.3, -0.25) is 4.79 Å². The van der Waals surface area contributed by atoms with E-state index in [0.717, 1.165) is 25.7 Å². The largest absolute Gasteiger partial charge is 0.338 e. The van der Waals surface area contributed by atoms with Crippen LogP contribution in [0.1, 0.15) is 32.1 Å². The number of hydrogen-bond acceptors (Lipinski definition) is 3. The first kappa shape index (κ1) is 12.8. The zero-order valence-electron chi connectivity index (χ0n) is 10.1. The quantitative estimate of drug-likeness (QED) is 0.737. The standard InChI is InChI=1S/C12H22FN3O/c13-9-5-6-16(7-9)12(17)11(15)8-1-3-10(14)4-2-8/h8-11H,1-7,14-15H2/t8?,9-,10?,11+/m1/s1. The van der Waals surface area contributed by atoms with Crippen LogP contribution in [0.25, 0.3) is 0 Å². The van der Waals surface area contributed by atoms with Crippen LogP contribution >= 0.6 is 0 Å². The van der Waals surface area contributed by atoms with Crippen LogP contribution in [-0.2, 0) is 4.79 Å². The minimum atomic E-state index is -0.870. The van der Waals surface area contributed by atoms with Crippen LogP contribution in [0, 0.1) is 5.92 Å². The number of nitrogens with two attached hydrogens (primary N) is 2. The maximum atomic E-state index is 13.0. The van der Waals surface area contributed by atoms with Gasteiger partial charge in [0.25, 0.3) is 0 Å². The number of rotatable bonds is 2. The SMILES string of the molecule is NC1CCC([C@H](N)C(=O)N2CC[C@@H](F)C2)CC1. The van der Waals surface area contributed by atoms with Crippen molar-refractivity contribution in [3.05, 3.63) is 0 Å². The summed E-state index contributed by atoms with van der Waals surface area (Å²) in [5, 5.41) is 0. The first-order valence-corrected chi connectivity index (χ1v) is 6.52. The van der Waals surface area contributed by atoms with Crippen LogP contribution in [0.5, 0.6) is 0 Å². The van der Waals surface area contributed by atoms with E-state index in [1.807, 2.05) is 0 Å². The van der Waals surface area contributed by atoms with Crippen LogP contribution < -0.4 is 11.5 Å². The molecule has 1 saturated heterocycles. The van der Waals surface area contributed by atoms with Gasteiger partial charge in [0.2, 0.25) is 5.91 Å². The Hall–Kier alpha value is -0.680.